The van der Waals surface area contributed by atoms with Crippen molar-refractivity contribution < 1.29 is 9.53 Å². The van der Waals surface area contributed by atoms with E-state index in [-0.39, 0.29) is 5.41 Å². The van der Waals surface area contributed by atoms with Gasteiger partial charge in [0.2, 0.25) is 5.91 Å². The lowest BCUT2D eigenvalue weighted by Gasteiger charge is -2.44. The minimum absolute atomic E-state index is 0.176. The molecule has 0 aromatic carbocycles. The molecule has 7 nitrogen and oxygen atoms in total. The molecule has 1 atom stereocenters. The fraction of sp³-hybridized carbons (Fsp3) is 0.833. The van der Waals surface area contributed by atoms with E-state index in [1.165, 1.54) is 0 Å². The van der Waals surface area contributed by atoms with Crippen LogP contribution in [0.15, 0.2) is 0 Å². The number of hydrogen-bond donors (Lipinski definition) is 0. The van der Waals surface area contributed by atoms with Crippen molar-refractivity contribution in [1.82, 2.24) is 24.6 Å². The Bertz CT molecular complexity index is 639. The van der Waals surface area contributed by atoms with Crippen molar-refractivity contribution in [2.75, 3.05) is 32.8 Å². The summed E-state index contributed by atoms with van der Waals surface area (Å²) in [4.78, 5) is 17.9. The zero-order chi connectivity index (χ0) is 17.4. The molecule has 0 radical (unpaired) electrons. The van der Waals surface area contributed by atoms with E-state index in [9.17, 15) is 4.79 Å². The molecule has 1 amide bonds. The second-order valence-electron chi connectivity index (χ2n) is 7.91. The third-order valence-electron chi connectivity index (χ3n) is 6.38. The Morgan fingerprint density at radius 1 is 1.20 bits per heavy atom. The Labute approximate surface area is 149 Å². The quantitative estimate of drug-likeness (QED) is 0.820. The number of carbonyl (C=O) groups excluding carboxylic acids is 1. The molecule has 25 heavy (non-hydrogen) atoms. The maximum absolute atomic E-state index is 13.3. The molecule has 138 valence electrons. The average Bonchev–Trinajstić information content (AvgIpc) is 3.18. The molecule has 1 aromatic heterocycles. The van der Waals surface area contributed by atoms with Crippen LogP contribution in [-0.4, -0.2) is 69.4 Å². The summed E-state index contributed by atoms with van der Waals surface area (Å²) in [6.07, 6.45) is 5.11. The SMILES string of the molecule is Cc1nnc(CN2CC[C@]3(CCCN(C4CCOCC4)C3=O)C2)n1C. The number of hydrogen-bond acceptors (Lipinski definition) is 5. The lowest BCUT2D eigenvalue weighted by atomic mass is 9.77. The van der Waals surface area contributed by atoms with Crippen LogP contribution in [0.3, 0.4) is 0 Å². The van der Waals surface area contributed by atoms with Crippen molar-refractivity contribution in [3.05, 3.63) is 11.6 Å². The molecule has 3 saturated heterocycles. The molecule has 3 aliphatic rings. The molecular formula is C18H29N5O2. The van der Waals surface area contributed by atoms with E-state index >= 15 is 0 Å². The number of ether oxygens (including phenoxy) is 1. The van der Waals surface area contributed by atoms with Crippen LogP contribution in [0.25, 0.3) is 0 Å². The van der Waals surface area contributed by atoms with Crippen LogP contribution < -0.4 is 0 Å². The van der Waals surface area contributed by atoms with Gasteiger partial charge in [-0.2, -0.15) is 0 Å². The summed E-state index contributed by atoms with van der Waals surface area (Å²) in [6.45, 7) is 7.09. The van der Waals surface area contributed by atoms with Crippen molar-refractivity contribution in [2.24, 2.45) is 12.5 Å². The number of aryl methyl sites for hydroxylation is 1. The van der Waals surface area contributed by atoms with Crippen LogP contribution in [0.4, 0.5) is 0 Å². The number of likely N-dealkylation sites (tertiary alicyclic amines) is 2. The van der Waals surface area contributed by atoms with Gasteiger partial charge < -0.3 is 14.2 Å². The van der Waals surface area contributed by atoms with Crippen LogP contribution in [0.1, 0.15) is 43.8 Å². The molecule has 4 rings (SSSR count). The number of aromatic nitrogens is 3. The largest absolute Gasteiger partial charge is 0.381 e. The van der Waals surface area contributed by atoms with Crippen LogP contribution >= 0.6 is 0 Å². The van der Waals surface area contributed by atoms with Gasteiger partial charge in [0.25, 0.3) is 0 Å². The molecule has 0 aliphatic carbocycles. The molecule has 0 bridgehead atoms. The van der Waals surface area contributed by atoms with Gasteiger partial charge in [0.15, 0.2) is 0 Å². The smallest absolute Gasteiger partial charge is 0.230 e. The highest BCUT2D eigenvalue weighted by atomic mass is 16.5. The second-order valence-corrected chi connectivity index (χ2v) is 7.91. The Morgan fingerprint density at radius 2 is 2.00 bits per heavy atom. The molecule has 1 spiro atoms. The van der Waals surface area contributed by atoms with E-state index < -0.39 is 0 Å². The highest BCUT2D eigenvalue weighted by Gasteiger charge is 2.49. The first-order valence-corrected chi connectivity index (χ1v) is 9.55. The van der Waals surface area contributed by atoms with Crippen molar-refractivity contribution in [3.63, 3.8) is 0 Å². The molecule has 0 N–H and O–H groups in total. The normalized spacial score (nSPS) is 29.0. The van der Waals surface area contributed by atoms with E-state index in [2.05, 4.69) is 20.0 Å². The van der Waals surface area contributed by atoms with Crippen LogP contribution in [0.5, 0.6) is 0 Å². The predicted molar refractivity (Wildman–Crippen MR) is 92.9 cm³/mol. The standard InChI is InChI=1S/C18H29N5O2/c1-14-19-20-16(21(14)2)12-22-9-7-18(13-22)6-3-8-23(17(18)24)15-4-10-25-11-5-15/h15H,3-13H2,1-2H3/t18-/m1/s1. The average molecular weight is 347 g/mol. The summed E-state index contributed by atoms with van der Waals surface area (Å²) in [6, 6.07) is 0.383. The van der Waals surface area contributed by atoms with Crippen molar-refractivity contribution in [3.8, 4) is 0 Å². The molecule has 0 saturated carbocycles. The van der Waals surface area contributed by atoms with E-state index in [1.54, 1.807) is 0 Å². The van der Waals surface area contributed by atoms with E-state index in [0.717, 1.165) is 83.1 Å². The first kappa shape index (κ1) is 17.0. The Kier molecular flexibility index (Phi) is 4.54. The highest BCUT2D eigenvalue weighted by molar-refractivity contribution is 5.84. The number of piperidine rings is 1. The number of amides is 1. The third kappa shape index (κ3) is 3.08. The lowest BCUT2D eigenvalue weighted by Crippen LogP contribution is -2.54. The third-order valence-corrected chi connectivity index (χ3v) is 6.38. The van der Waals surface area contributed by atoms with Gasteiger partial charge in [-0.15, -0.1) is 10.2 Å². The molecule has 7 heteroatoms. The zero-order valence-electron chi connectivity index (χ0n) is 15.4. The second kappa shape index (κ2) is 6.68. The first-order chi connectivity index (χ1) is 12.1. The monoisotopic (exact) mass is 347 g/mol. The van der Waals surface area contributed by atoms with Crippen LogP contribution in [-0.2, 0) is 23.1 Å². The molecule has 0 unspecified atom stereocenters. The fourth-order valence-corrected chi connectivity index (χ4v) is 4.71. The van der Waals surface area contributed by atoms with Gasteiger partial charge in [0.1, 0.15) is 11.6 Å². The Balaban J connectivity index is 1.44. The molecule has 3 aliphatic heterocycles. The number of carbonyl (C=O) groups is 1. The van der Waals surface area contributed by atoms with Gasteiger partial charge in [-0.1, -0.05) is 0 Å². The highest BCUT2D eigenvalue weighted by Crippen LogP contribution is 2.41. The molecule has 1 aromatic rings. The number of nitrogens with zero attached hydrogens (tertiary/aromatic N) is 5. The molecule has 4 heterocycles. The molecular weight excluding hydrogens is 318 g/mol. The van der Waals surface area contributed by atoms with Gasteiger partial charge >= 0.3 is 0 Å². The summed E-state index contributed by atoms with van der Waals surface area (Å²) >= 11 is 0. The van der Waals surface area contributed by atoms with E-state index in [1.807, 2.05) is 18.5 Å². The van der Waals surface area contributed by atoms with Crippen LogP contribution in [0.2, 0.25) is 0 Å². The van der Waals surface area contributed by atoms with Gasteiger partial charge in [0.05, 0.1) is 12.0 Å². The summed E-state index contributed by atoms with van der Waals surface area (Å²) in [5.41, 5.74) is -0.176. The predicted octanol–water partition coefficient (Wildman–Crippen LogP) is 1.12. The van der Waals surface area contributed by atoms with Crippen molar-refractivity contribution in [2.45, 2.75) is 51.6 Å². The van der Waals surface area contributed by atoms with Crippen molar-refractivity contribution in [1.29, 1.82) is 0 Å². The van der Waals surface area contributed by atoms with Crippen molar-refractivity contribution >= 4 is 5.91 Å². The summed E-state index contributed by atoms with van der Waals surface area (Å²) in [5, 5.41) is 8.43. The van der Waals surface area contributed by atoms with E-state index in [0.29, 0.717) is 11.9 Å². The minimum Gasteiger partial charge on any atom is -0.381 e. The topological polar surface area (TPSA) is 63.5 Å². The first-order valence-electron chi connectivity index (χ1n) is 9.55. The van der Waals surface area contributed by atoms with Gasteiger partial charge in [-0.05, 0) is 45.6 Å². The maximum Gasteiger partial charge on any atom is 0.230 e. The fourth-order valence-electron chi connectivity index (χ4n) is 4.71. The summed E-state index contributed by atoms with van der Waals surface area (Å²) in [5.74, 6) is 2.31. The molecule has 3 fully saturated rings. The lowest BCUT2D eigenvalue weighted by molar-refractivity contribution is -0.150. The van der Waals surface area contributed by atoms with Gasteiger partial charge in [-0.3, -0.25) is 9.69 Å². The maximum atomic E-state index is 13.3. The summed E-state index contributed by atoms with van der Waals surface area (Å²) in [7, 11) is 2.01. The Morgan fingerprint density at radius 3 is 2.72 bits per heavy atom. The van der Waals surface area contributed by atoms with Gasteiger partial charge in [0, 0.05) is 39.4 Å². The van der Waals surface area contributed by atoms with E-state index in [4.69, 9.17) is 4.74 Å². The summed E-state index contributed by atoms with van der Waals surface area (Å²) < 4.78 is 7.52. The van der Waals surface area contributed by atoms with Crippen LogP contribution in [0, 0.1) is 12.3 Å². The Hall–Kier alpha value is -1.47. The minimum atomic E-state index is -0.176. The van der Waals surface area contributed by atoms with Gasteiger partial charge in [-0.25, -0.2) is 0 Å². The zero-order valence-corrected chi connectivity index (χ0v) is 15.4. The number of rotatable bonds is 3.